The maximum Gasteiger partial charge on any atom is 0.270 e. The van der Waals surface area contributed by atoms with Crippen molar-refractivity contribution in [2.45, 2.75) is 25.9 Å². The average Bonchev–Trinajstić information content (AvgIpc) is 3.40. The van der Waals surface area contributed by atoms with Crippen molar-refractivity contribution in [3.8, 4) is 5.75 Å². The summed E-state index contributed by atoms with van der Waals surface area (Å²) < 4.78 is 12.9. The molecule has 0 radical (unpaired) electrons. The number of carbonyl (C=O) groups is 1. The molecule has 3 aromatic rings. The van der Waals surface area contributed by atoms with Crippen LogP contribution in [0.15, 0.2) is 24.3 Å². The molecule has 1 amide bonds. The second-order valence-electron chi connectivity index (χ2n) is 6.41. The molecule has 1 aliphatic rings. The number of anilines is 1. The molecular formula is C19H19ClN2O3S2. The van der Waals surface area contributed by atoms with E-state index in [-0.39, 0.29) is 12.0 Å². The molecule has 3 heterocycles. The Hall–Kier alpha value is -1.67. The van der Waals surface area contributed by atoms with Crippen LogP contribution in [0.25, 0.3) is 10.2 Å². The highest BCUT2D eigenvalue weighted by Crippen LogP contribution is 2.37. The number of benzene rings is 1. The van der Waals surface area contributed by atoms with E-state index >= 15 is 0 Å². The summed E-state index contributed by atoms with van der Waals surface area (Å²) in [5, 5.41) is 0.655. The second-order valence-corrected chi connectivity index (χ2v) is 9.11. The highest BCUT2D eigenvalue weighted by Gasteiger charge is 2.28. The van der Waals surface area contributed by atoms with Crippen LogP contribution in [-0.2, 0) is 4.74 Å². The number of fused-ring (bicyclic) bond motifs is 1. The van der Waals surface area contributed by atoms with Gasteiger partial charge in [0.25, 0.3) is 5.91 Å². The van der Waals surface area contributed by atoms with E-state index in [1.54, 1.807) is 24.1 Å². The molecule has 2 aromatic heterocycles. The van der Waals surface area contributed by atoms with Crippen molar-refractivity contribution in [3.63, 3.8) is 0 Å². The lowest BCUT2D eigenvalue weighted by atomic mass is 10.2. The molecular weight excluding hydrogens is 404 g/mol. The zero-order chi connectivity index (χ0) is 19.0. The first-order valence-corrected chi connectivity index (χ1v) is 10.7. The number of nitrogens with zero attached hydrogens (tertiary/aromatic N) is 2. The molecule has 4 rings (SSSR count). The molecule has 0 saturated carbocycles. The van der Waals surface area contributed by atoms with E-state index in [1.165, 1.54) is 22.7 Å². The molecule has 1 aliphatic heterocycles. The quantitative estimate of drug-likeness (QED) is 0.570. The van der Waals surface area contributed by atoms with Gasteiger partial charge in [0, 0.05) is 6.61 Å². The summed E-state index contributed by atoms with van der Waals surface area (Å²) in [4.78, 5) is 20.3. The fraction of sp³-hybridized carbons (Fsp3) is 0.368. The van der Waals surface area contributed by atoms with Gasteiger partial charge in [-0.05, 0) is 43.5 Å². The molecule has 0 bridgehead atoms. The Bertz CT molecular complexity index is 979. The minimum atomic E-state index is -0.0990. The minimum absolute atomic E-state index is 0.0272. The zero-order valence-electron chi connectivity index (χ0n) is 15.0. The second kappa shape index (κ2) is 7.75. The topological polar surface area (TPSA) is 51.7 Å². The summed E-state index contributed by atoms with van der Waals surface area (Å²) >= 11 is 8.83. The van der Waals surface area contributed by atoms with Gasteiger partial charge in [-0.3, -0.25) is 9.69 Å². The number of aryl methyl sites for hydroxylation is 1. The number of hydrogen-bond acceptors (Lipinski definition) is 6. The van der Waals surface area contributed by atoms with Crippen molar-refractivity contribution in [1.82, 2.24) is 4.98 Å². The highest BCUT2D eigenvalue weighted by molar-refractivity contribution is 7.22. The van der Waals surface area contributed by atoms with E-state index in [0.29, 0.717) is 26.6 Å². The lowest BCUT2D eigenvalue weighted by molar-refractivity contribution is 0.0920. The van der Waals surface area contributed by atoms with E-state index in [2.05, 4.69) is 0 Å². The Kier molecular flexibility index (Phi) is 5.36. The van der Waals surface area contributed by atoms with Gasteiger partial charge in [-0.2, -0.15) is 0 Å². The van der Waals surface area contributed by atoms with Crippen molar-refractivity contribution < 1.29 is 14.3 Å². The van der Waals surface area contributed by atoms with Gasteiger partial charge in [0.15, 0.2) is 5.13 Å². The smallest absolute Gasteiger partial charge is 0.270 e. The number of carbonyl (C=O) groups excluding carboxylic acids is 1. The number of aromatic nitrogens is 1. The maximum atomic E-state index is 13.2. The van der Waals surface area contributed by atoms with Gasteiger partial charge in [-0.25, -0.2) is 4.98 Å². The lowest BCUT2D eigenvalue weighted by Crippen LogP contribution is -2.37. The number of thiophene rings is 1. The molecule has 5 nitrogen and oxygen atoms in total. The Morgan fingerprint density at radius 3 is 2.89 bits per heavy atom. The zero-order valence-corrected chi connectivity index (χ0v) is 17.4. The van der Waals surface area contributed by atoms with E-state index in [1.807, 2.05) is 19.1 Å². The summed E-state index contributed by atoms with van der Waals surface area (Å²) in [6, 6.07) is 7.42. The van der Waals surface area contributed by atoms with Gasteiger partial charge in [0.05, 0.1) is 33.7 Å². The third kappa shape index (κ3) is 3.69. The highest BCUT2D eigenvalue weighted by atomic mass is 35.5. The van der Waals surface area contributed by atoms with E-state index in [9.17, 15) is 4.79 Å². The number of amides is 1. The molecule has 1 saturated heterocycles. The van der Waals surface area contributed by atoms with Crippen molar-refractivity contribution in [3.05, 3.63) is 39.0 Å². The number of rotatable bonds is 5. The standard InChI is InChI=1S/C19H19ClN2O3S2/c1-11-5-6-13(24-2)16-17(11)27-19(21-16)22(10-12-4-3-9-25-12)18(23)14-7-8-15(20)26-14/h5-8,12H,3-4,9-10H2,1-2H3. The fourth-order valence-corrected chi connectivity index (χ4v) is 5.23. The molecule has 0 spiro atoms. The number of methoxy groups -OCH3 is 1. The normalized spacial score (nSPS) is 16.8. The molecule has 1 aromatic carbocycles. The third-order valence-electron chi connectivity index (χ3n) is 4.58. The van der Waals surface area contributed by atoms with Crippen molar-refractivity contribution in [2.24, 2.45) is 0 Å². The van der Waals surface area contributed by atoms with Crippen LogP contribution in [0.4, 0.5) is 5.13 Å². The van der Waals surface area contributed by atoms with Gasteiger partial charge >= 0.3 is 0 Å². The molecule has 0 N–H and O–H groups in total. The Labute approximate surface area is 170 Å². The predicted molar refractivity (Wildman–Crippen MR) is 111 cm³/mol. The number of ether oxygens (including phenoxy) is 2. The van der Waals surface area contributed by atoms with E-state index in [4.69, 9.17) is 26.1 Å². The first-order valence-electron chi connectivity index (χ1n) is 8.69. The van der Waals surface area contributed by atoms with Gasteiger partial charge in [0.2, 0.25) is 0 Å². The van der Waals surface area contributed by atoms with Crippen LogP contribution in [0.2, 0.25) is 4.34 Å². The van der Waals surface area contributed by atoms with Crippen LogP contribution in [0.5, 0.6) is 5.75 Å². The maximum absolute atomic E-state index is 13.2. The number of halogens is 1. The Balaban J connectivity index is 1.76. The third-order valence-corrected chi connectivity index (χ3v) is 7.02. The number of hydrogen-bond donors (Lipinski definition) is 0. The molecule has 27 heavy (non-hydrogen) atoms. The van der Waals surface area contributed by atoms with Gasteiger partial charge in [-0.1, -0.05) is 29.0 Å². The van der Waals surface area contributed by atoms with Gasteiger partial charge < -0.3 is 9.47 Å². The van der Waals surface area contributed by atoms with Gasteiger partial charge in [-0.15, -0.1) is 11.3 Å². The molecule has 1 atom stereocenters. The summed E-state index contributed by atoms with van der Waals surface area (Å²) in [5.74, 6) is 0.611. The largest absolute Gasteiger partial charge is 0.494 e. The molecule has 0 aliphatic carbocycles. The summed E-state index contributed by atoms with van der Waals surface area (Å²) in [7, 11) is 1.63. The van der Waals surface area contributed by atoms with Crippen LogP contribution in [0.3, 0.4) is 0 Å². The van der Waals surface area contributed by atoms with Crippen molar-refractivity contribution >= 4 is 55.5 Å². The molecule has 142 valence electrons. The average molecular weight is 423 g/mol. The van der Waals surface area contributed by atoms with E-state index < -0.39 is 0 Å². The molecule has 1 unspecified atom stereocenters. The van der Waals surface area contributed by atoms with Crippen LogP contribution < -0.4 is 9.64 Å². The minimum Gasteiger partial charge on any atom is -0.494 e. The van der Waals surface area contributed by atoms with Crippen molar-refractivity contribution in [2.75, 3.05) is 25.2 Å². The summed E-state index contributed by atoms with van der Waals surface area (Å²) in [5.41, 5.74) is 1.89. The first kappa shape index (κ1) is 18.7. The van der Waals surface area contributed by atoms with Crippen LogP contribution in [0, 0.1) is 6.92 Å². The first-order chi connectivity index (χ1) is 13.1. The van der Waals surface area contributed by atoms with Crippen LogP contribution >= 0.6 is 34.3 Å². The summed E-state index contributed by atoms with van der Waals surface area (Å²) in [6.45, 7) is 3.26. The fourth-order valence-electron chi connectivity index (χ4n) is 3.18. The number of thiazole rings is 1. The van der Waals surface area contributed by atoms with Crippen LogP contribution in [-0.4, -0.2) is 37.3 Å². The lowest BCUT2D eigenvalue weighted by Gasteiger charge is -2.22. The van der Waals surface area contributed by atoms with E-state index in [0.717, 1.165) is 35.2 Å². The van der Waals surface area contributed by atoms with Gasteiger partial charge in [0.1, 0.15) is 11.3 Å². The van der Waals surface area contributed by atoms with Crippen molar-refractivity contribution in [1.29, 1.82) is 0 Å². The molecule has 8 heteroatoms. The Morgan fingerprint density at radius 1 is 1.37 bits per heavy atom. The monoisotopic (exact) mass is 422 g/mol. The Morgan fingerprint density at radius 2 is 2.22 bits per heavy atom. The molecule has 1 fully saturated rings. The summed E-state index contributed by atoms with van der Waals surface area (Å²) in [6.07, 6.45) is 1.99. The predicted octanol–water partition coefficient (Wildman–Crippen LogP) is 5.15. The SMILES string of the molecule is COc1ccc(C)c2sc(N(CC3CCCO3)C(=O)c3ccc(Cl)s3)nc12. The van der Waals surface area contributed by atoms with Crippen LogP contribution in [0.1, 0.15) is 28.1 Å².